The normalized spacial score (nSPS) is 13.8. The van der Waals surface area contributed by atoms with Crippen LogP contribution in [0.25, 0.3) is 54.9 Å². The highest BCUT2D eigenvalue weighted by atomic mass is 16.3. The molecule has 0 radical (unpaired) electrons. The number of hydrogen-bond donors (Lipinski definition) is 0. The Balaban J connectivity index is 1.48. The van der Waals surface area contributed by atoms with Gasteiger partial charge in [0.15, 0.2) is 0 Å². The summed E-state index contributed by atoms with van der Waals surface area (Å²) in [6.07, 6.45) is 0. The van der Waals surface area contributed by atoms with Crippen LogP contribution in [0.15, 0.2) is 108 Å². The summed E-state index contributed by atoms with van der Waals surface area (Å²) in [5.41, 5.74) is 10.8. The van der Waals surface area contributed by atoms with Crippen molar-refractivity contribution in [1.82, 2.24) is 4.48 Å². The summed E-state index contributed by atoms with van der Waals surface area (Å²) in [6.45, 7) is 0.0438. The predicted octanol–water partition coefficient (Wildman–Crippen LogP) is 7.07. The maximum absolute atomic E-state index is 6.35. The van der Waals surface area contributed by atoms with Crippen LogP contribution in [0.3, 0.4) is 0 Å². The molecule has 0 amide bonds. The molecule has 0 saturated carbocycles. The number of aromatic nitrogens is 1. The third-order valence-electron chi connectivity index (χ3n) is 7.74. The number of fused-ring (bicyclic) bond motifs is 14. The van der Waals surface area contributed by atoms with Crippen molar-refractivity contribution in [1.29, 1.82) is 0 Å². The van der Waals surface area contributed by atoms with Crippen LogP contribution in [-0.2, 0) is 0 Å². The third kappa shape index (κ3) is 1.85. The van der Waals surface area contributed by atoms with Crippen LogP contribution in [0.5, 0.6) is 0 Å². The van der Waals surface area contributed by atoms with Crippen LogP contribution in [0.2, 0.25) is 0 Å². The number of furan rings is 1. The fourth-order valence-electron chi connectivity index (χ4n) is 6.41. The highest BCUT2D eigenvalue weighted by molar-refractivity contribution is 6.82. The fraction of sp³-hybridized carbons (Fsp3) is 0. The number of anilines is 2. The van der Waals surface area contributed by atoms with Gasteiger partial charge in [0.25, 0.3) is 0 Å². The van der Waals surface area contributed by atoms with Crippen molar-refractivity contribution >= 4 is 67.6 Å². The Hall–Kier alpha value is -4.44. The van der Waals surface area contributed by atoms with Crippen LogP contribution in [0, 0.1) is 0 Å². The summed E-state index contributed by atoms with van der Waals surface area (Å²) in [7, 11) is 0. The molecule has 0 unspecified atom stereocenters. The standard InChI is InChI=1S/C30H17BN2O/c1-5-13-26-18(8-1)21-11-7-14-27-30(21)33(26)31-24-17-29-23(20-10-3-6-15-28(20)34-29)16-22(24)19-9-2-4-12-25(19)32(27)31/h1-17H. The first-order valence-electron chi connectivity index (χ1n) is 11.7. The zero-order chi connectivity index (χ0) is 22.0. The van der Waals surface area contributed by atoms with E-state index in [0.717, 1.165) is 11.2 Å². The van der Waals surface area contributed by atoms with E-state index in [9.17, 15) is 0 Å². The second kappa shape index (κ2) is 5.73. The van der Waals surface area contributed by atoms with Gasteiger partial charge < -0.3 is 13.7 Å². The molecule has 2 aliphatic rings. The first-order valence-corrected chi connectivity index (χ1v) is 11.7. The summed E-state index contributed by atoms with van der Waals surface area (Å²) in [6, 6.07) is 37.3. The van der Waals surface area contributed by atoms with E-state index >= 15 is 0 Å². The fourth-order valence-corrected chi connectivity index (χ4v) is 6.41. The van der Waals surface area contributed by atoms with E-state index in [1.54, 1.807) is 0 Å². The van der Waals surface area contributed by atoms with Gasteiger partial charge in [0, 0.05) is 38.3 Å². The average molecular weight is 432 g/mol. The van der Waals surface area contributed by atoms with E-state index in [1.807, 2.05) is 6.07 Å². The molecule has 4 heterocycles. The van der Waals surface area contributed by atoms with Gasteiger partial charge in [0.2, 0.25) is 0 Å². The molecular formula is C30H17BN2O. The Bertz CT molecular complexity index is 2000. The molecule has 5 aromatic carbocycles. The second-order valence-electron chi connectivity index (χ2n) is 9.36. The number of benzene rings is 5. The Morgan fingerprint density at radius 2 is 1.32 bits per heavy atom. The summed E-state index contributed by atoms with van der Waals surface area (Å²) < 4.78 is 8.88. The average Bonchev–Trinajstić information content (AvgIpc) is 3.54. The summed E-state index contributed by atoms with van der Waals surface area (Å²) >= 11 is 0. The molecule has 0 spiro atoms. The lowest BCUT2D eigenvalue weighted by atomic mass is 9.60. The van der Waals surface area contributed by atoms with Gasteiger partial charge in [0.05, 0.1) is 11.2 Å². The molecular weight excluding hydrogens is 415 g/mol. The maximum atomic E-state index is 6.35. The van der Waals surface area contributed by atoms with E-state index in [-0.39, 0.29) is 6.98 Å². The third-order valence-corrected chi connectivity index (χ3v) is 7.74. The first kappa shape index (κ1) is 17.1. The highest BCUT2D eigenvalue weighted by Gasteiger charge is 2.45. The lowest BCUT2D eigenvalue weighted by Gasteiger charge is -2.34. The summed E-state index contributed by atoms with van der Waals surface area (Å²) in [4.78, 5) is 2.51. The Kier molecular flexibility index (Phi) is 2.88. The van der Waals surface area contributed by atoms with E-state index in [1.165, 1.54) is 60.5 Å². The molecule has 0 saturated heterocycles. The van der Waals surface area contributed by atoms with Gasteiger partial charge >= 0.3 is 6.98 Å². The molecule has 3 nitrogen and oxygen atoms in total. The molecule has 156 valence electrons. The molecule has 7 aromatic rings. The minimum absolute atomic E-state index is 0.0438. The molecule has 0 aliphatic carbocycles. The monoisotopic (exact) mass is 432 g/mol. The smallest absolute Gasteiger partial charge is 0.421 e. The van der Waals surface area contributed by atoms with Crippen molar-refractivity contribution in [3.05, 3.63) is 103 Å². The van der Waals surface area contributed by atoms with Crippen LogP contribution in [-0.4, -0.2) is 11.5 Å². The van der Waals surface area contributed by atoms with E-state index in [2.05, 4.69) is 106 Å². The number of nitrogens with zero attached hydrogens (tertiary/aromatic N) is 2. The van der Waals surface area contributed by atoms with Crippen molar-refractivity contribution in [2.45, 2.75) is 0 Å². The predicted molar refractivity (Wildman–Crippen MR) is 142 cm³/mol. The van der Waals surface area contributed by atoms with Crippen molar-refractivity contribution in [2.75, 3.05) is 4.81 Å². The largest absolute Gasteiger partial charge is 0.456 e. The molecule has 2 aromatic heterocycles. The number of rotatable bonds is 0. The minimum atomic E-state index is 0.0438. The van der Waals surface area contributed by atoms with Gasteiger partial charge in [-0.3, -0.25) is 0 Å². The van der Waals surface area contributed by atoms with Gasteiger partial charge in [-0.25, -0.2) is 0 Å². The van der Waals surface area contributed by atoms with Crippen molar-refractivity contribution in [3.8, 4) is 11.1 Å². The lowest BCUT2D eigenvalue weighted by molar-refractivity contribution is 0.669. The molecule has 2 aliphatic heterocycles. The molecule has 9 rings (SSSR count). The molecule has 34 heavy (non-hydrogen) atoms. The van der Waals surface area contributed by atoms with E-state index < -0.39 is 0 Å². The van der Waals surface area contributed by atoms with Crippen LogP contribution < -0.4 is 10.3 Å². The topological polar surface area (TPSA) is 21.3 Å². The van der Waals surface area contributed by atoms with Crippen molar-refractivity contribution in [3.63, 3.8) is 0 Å². The summed E-state index contributed by atoms with van der Waals surface area (Å²) in [5.74, 6) is 0. The molecule has 0 atom stereocenters. The highest BCUT2D eigenvalue weighted by Crippen LogP contribution is 2.49. The Labute approximate surface area is 195 Å². The minimum Gasteiger partial charge on any atom is -0.456 e. The van der Waals surface area contributed by atoms with Gasteiger partial charge in [0.1, 0.15) is 11.2 Å². The molecule has 4 heteroatoms. The number of hydrogen-bond acceptors (Lipinski definition) is 2. The SMILES string of the molecule is c1ccc2c(c1)-c1cc3c(cc1B1N2c2cccc4c5ccccc5n1c24)oc1ccccc13. The van der Waals surface area contributed by atoms with Gasteiger partial charge in [-0.1, -0.05) is 66.7 Å². The lowest BCUT2D eigenvalue weighted by Crippen LogP contribution is -2.51. The van der Waals surface area contributed by atoms with Crippen molar-refractivity contribution in [2.24, 2.45) is 0 Å². The summed E-state index contributed by atoms with van der Waals surface area (Å²) in [5, 5.41) is 4.97. The zero-order valence-corrected chi connectivity index (χ0v) is 18.2. The first-order chi connectivity index (χ1) is 16.9. The quantitative estimate of drug-likeness (QED) is 0.239. The van der Waals surface area contributed by atoms with E-state index in [0.29, 0.717) is 0 Å². The van der Waals surface area contributed by atoms with Gasteiger partial charge in [-0.2, -0.15) is 0 Å². The Morgan fingerprint density at radius 1 is 0.559 bits per heavy atom. The van der Waals surface area contributed by atoms with Gasteiger partial charge in [-0.05, 0) is 47.4 Å². The number of para-hydroxylation sites is 4. The molecule has 0 fully saturated rings. The zero-order valence-electron chi connectivity index (χ0n) is 18.2. The molecule has 0 N–H and O–H groups in total. The van der Waals surface area contributed by atoms with Gasteiger partial charge in [-0.15, -0.1) is 0 Å². The Morgan fingerprint density at radius 3 is 2.29 bits per heavy atom. The van der Waals surface area contributed by atoms with Crippen LogP contribution in [0.1, 0.15) is 0 Å². The van der Waals surface area contributed by atoms with E-state index in [4.69, 9.17) is 4.42 Å². The van der Waals surface area contributed by atoms with Crippen molar-refractivity contribution < 1.29 is 4.42 Å². The maximum Gasteiger partial charge on any atom is 0.421 e. The second-order valence-corrected chi connectivity index (χ2v) is 9.36. The molecule has 0 bridgehead atoms. The van der Waals surface area contributed by atoms with Crippen LogP contribution in [0.4, 0.5) is 11.4 Å². The van der Waals surface area contributed by atoms with Crippen LogP contribution >= 0.6 is 0 Å².